The molecule has 0 aliphatic rings. The highest BCUT2D eigenvalue weighted by molar-refractivity contribution is 5.83. The number of hydrogen-bond donors (Lipinski definition) is 1. The van der Waals surface area contributed by atoms with E-state index in [1.54, 1.807) is 11.6 Å². The minimum Gasteiger partial charge on any atom is -0.475 e. The van der Waals surface area contributed by atoms with Crippen LogP contribution in [-0.4, -0.2) is 25.8 Å². The molecule has 0 saturated carbocycles. The number of aromatic nitrogens is 3. The van der Waals surface area contributed by atoms with Crippen molar-refractivity contribution in [2.45, 2.75) is 13.8 Å². The van der Waals surface area contributed by atoms with Crippen molar-refractivity contribution >= 4 is 5.97 Å². The molecular formula is C11H11N3O2. The number of benzene rings is 1. The maximum absolute atomic E-state index is 10.7. The third-order valence-corrected chi connectivity index (χ3v) is 2.30. The molecule has 0 amide bonds. The highest BCUT2D eigenvalue weighted by atomic mass is 16.4. The number of carboxylic acids is 1. The van der Waals surface area contributed by atoms with Crippen molar-refractivity contribution in [1.29, 1.82) is 0 Å². The van der Waals surface area contributed by atoms with E-state index in [1.807, 2.05) is 31.2 Å². The quantitative estimate of drug-likeness (QED) is 0.829. The Morgan fingerprint density at radius 1 is 1.31 bits per heavy atom. The minimum absolute atomic E-state index is 0.180. The molecule has 1 N–H and O–H groups in total. The fourth-order valence-electron chi connectivity index (χ4n) is 1.51. The summed E-state index contributed by atoms with van der Waals surface area (Å²) in [7, 11) is 0. The Kier molecular flexibility index (Phi) is 2.44. The van der Waals surface area contributed by atoms with E-state index < -0.39 is 5.97 Å². The largest absolute Gasteiger partial charge is 0.475 e. The molecule has 16 heavy (non-hydrogen) atoms. The van der Waals surface area contributed by atoms with Gasteiger partial charge in [-0.3, -0.25) is 0 Å². The molecule has 82 valence electrons. The van der Waals surface area contributed by atoms with Crippen molar-refractivity contribution in [3.63, 3.8) is 0 Å². The fraction of sp³-hybridized carbons (Fsp3) is 0.182. The summed E-state index contributed by atoms with van der Waals surface area (Å²) in [5, 5.41) is 12.7. The number of rotatable bonds is 2. The molecule has 1 heterocycles. The number of hydrogen-bond acceptors (Lipinski definition) is 3. The summed E-state index contributed by atoms with van der Waals surface area (Å²) in [4.78, 5) is 14.6. The molecule has 0 aliphatic carbocycles. The van der Waals surface area contributed by atoms with Crippen LogP contribution in [0.25, 0.3) is 5.69 Å². The predicted molar refractivity (Wildman–Crippen MR) is 57.8 cm³/mol. The average molecular weight is 217 g/mol. The molecule has 5 heteroatoms. The van der Waals surface area contributed by atoms with Crippen molar-refractivity contribution in [2.24, 2.45) is 0 Å². The Balaban J connectivity index is 2.57. The van der Waals surface area contributed by atoms with E-state index in [0.717, 1.165) is 11.3 Å². The van der Waals surface area contributed by atoms with Gasteiger partial charge in [0.15, 0.2) is 0 Å². The van der Waals surface area contributed by atoms with Gasteiger partial charge in [-0.25, -0.2) is 14.5 Å². The summed E-state index contributed by atoms with van der Waals surface area (Å²) in [6.07, 6.45) is 0. The second kappa shape index (κ2) is 3.77. The molecule has 5 nitrogen and oxygen atoms in total. The maximum atomic E-state index is 10.7. The zero-order valence-corrected chi connectivity index (χ0v) is 9.01. The van der Waals surface area contributed by atoms with Crippen molar-refractivity contribution in [3.8, 4) is 5.69 Å². The lowest BCUT2D eigenvalue weighted by atomic mass is 10.2. The summed E-state index contributed by atoms with van der Waals surface area (Å²) < 4.78 is 1.54. The van der Waals surface area contributed by atoms with Gasteiger partial charge in [0, 0.05) is 0 Å². The highest BCUT2D eigenvalue weighted by Gasteiger charge is 2.14. The number of nitrogens with zero attached hydrogens (tertiary/aromatic N) is 3. The first-order chi connectivity index (χ1) is 7.59. The van der Waals surface area contributed by atoms with E-state index in [-0.39, 0.29) is 5.82 Å². The number of para-hydroxylation sites is 1. The second-order valence-corrected chi connectivity index (χ2v) is 3.49. The Morgan fingerprint density at radius 2 is 2.00 bits per heavy atom. The van der Waals surface area contributed by atoms with Crippen LogP contribution in [-0.2, 0) is 0 Å². The van der Waals surface area contributed by atoms with E-state index in [0.29, 0.717) is 5.82 Å². The van der Waals surface area contributed by atoms with Crippen LogP contribution < -0.4 is 0 Å². The molecule has 0 atom stereocenters. The molecule has 0 aliphatic heterocycles. The standard InChI is InChI=1S/C11H11N3O2/c1-7-5-3-4-6-9(7)14-8(2)12-10(13-14)11(15)16/h3-6H,1-2H3,(H,15,16). The molecule has 1 aromatic heterocycles. The number of carboxylic acid groups (broad SMARTS) is 1. The predicted octanol–water partition coefficient (Wildman–Crippen LogP) is 1.58. The molecule has 2 aromatic rings. The van der Waals surface area contributed by atoms with Crippen molar-refractivity contribution < 1.29 is 9.90 Å². The van der Waals surface area contributed by atoms with Gasteiger partial charge in [-0.15, -0.1) is 5.10 Å². The van der Waals surface area contributed by atoms with Gasteiger partial charge in [0.05, 0.1) is 5.69 Å². The normalized spacial score (nSPS) is 10.4. The Morgan fingerprint density at radius 3 is 2.56 bits per heavy atom. The molecule has 0 saturated heterocycles. The monoisotopic (exact) mass is 217 g/mol. The number of carbonyl (C=O) groups is 1. The van der Waals surface area contributed by atoms with E-state index in [4.69, 9.17) is 5.11 Å². The van der Waals surface area contributed by atoms with Crippen LogP contribution in [0.2, 0.25) is 0 Å². The molecule has 0 bridgehead atoms. The minimum atomic E-state index is -1.12. The van der Waals surface area contributed by atoms with Gasteiger partial charge in [-0.05, 0) is 25.5 Å². The summed E-state index contributed by atoms with van der Waals surface area (Å²) in [6.45, 7) is 3.67. The topological polar surface area (TPSA) is 68.0 Å². The van der Waals surface area contributed by atoms with Gasteiger partial charge < -0.3 is 5.11 Å². The zero-order valence-electron chi connectivity index (χ0n) is 9.01. The number of aromatic carboxylic acids is 1. The first-order valence-electron chi connectivity index (χ1n) is 4.82. The Labute approximate surface area is 92.4 Å². The summed E-state index contributed by atoms with van der Waals surface area (Å²) >= 11 is 0. The van der Waals surface area contributed by atoms with Gasteiger partial charge >= 0.3 is 5.97 Å². The third kappa shape index (κ3) is 1.67. The van der Waals surface area contributed by atoms with E-state index >= 15 is 0 Å². The molecular weight excluding hydrogens is 206 g/mol. The SMILES string of the molecule is Cc1ccccc1-n1nc(C(=O)O)nc1C. The number of aryl methyl sites for hydroxylation is 2. The van der Waals surface area contributed by atoms with Crippen LogP contribution in [0.3, 0.4) is 0 Å². The van der Waals surface area contributed by atoms with Gasteiger partial charge in [0.25, 0.3) is 5.82 Å². The Bertz CT molecular complexity index is 546. The van der Waals surface area contributed by atoms with E-state index in [9.17, 15) is 4.79 Å². The zero-order chi connectivity index (χ0) is 11.7. The lowest BCUT2D eigenvalue weighted by Gasteiger charge is -2.05. The maximum Gasteiger partial charge on any atom is 0.375 e. The summed E-state index contributed by atoms with van der Waals surface area (Å²) in [5.74, 6) is -0.733. The molecule has 0 fully saturated rings. The highest BCUT2D eigenvalue weighted by Crippen LogP contribution is 2.14. The third-order valence-electron chi connectivity index (χ3n) is 2.30. The summed E-state index contributed by atoms with van der Waals surface area (Å²) in [5.41, 5.74) is 1.87. The van der Waals surface area contributed by atoms with Crippen molar-refractivity contribution in [2.75, 3.05) is 0 Å². The molecule has 1 aromatic carbocycles. The molecule has 2 rings (SSSR count). The first-order valence-corrected chi connectivity index (χ1v) is 4.82. The molecule has 0 unspecified atom stereocenters. The molecule has 0 radical (unpaired) electrons. The van der Waals surface area contributed by atoms with Crippen LogP contribution in [0, 0.1) is 13.8 Å². The second-order valence-electron chi connectivity index (χ2n) is 3.49. The lowest BCUT2D eigenvalue weighted by molar-refractivity contribution is 0.0683. The van der Waals surface area contributed by atoms with E-state index in [2.05, 4.69) is 10.1 Å². The average Bonchev–Trinajstić information content (AvgIpc) is 2.61. The van der Waals surface area contributed by atoms with Crippen LogP contribution in [0.15, 0.2) is 24.3 Å². The van der Waals surface area contributed by atoms with Gasteiger partial charge in [0.1, 0.15) is 5.82 Å². The smallest absolute Gasteiger partial charge is 0.375 e. The Hall–Kier alpha value is -2.17. The van der Waals surface area contributed by atoms with Crippen LogP contribution >= 0.6 is 0 Å². The fourth-order valence-corrected chi connectivity index (χ4v) is 1.51. The van der Waals surface area contributed by atoms with Crippen LogP contribution in [0.4, 0.5) is 0 Å². The van der Waals surface area contributed by atoms with Crippen molar-refractivity contribution in [1.82, 2.24) is 14.8 Å². The lowest BCUT2D eigenvalue weighted by Crippen LogP contribution is -2.03. The van der Waals surface area contributed by atoms with Crippen LogP contribution in [0.1, 0.15) is 22.0 Å². The molecule has 0 spiro atoms. The first kappa shape index (κ1) is 10.4. The van der Waals surface area contributed by atoms with E-state index in [1.165, 1.54) is 0 Å². The van der Waals surface area contributed by atoms with Gasteiger partial charge in [-0.2, -0.15) is 0 Å². The van der Waals surface area contributed by atoms with Gasteiger partial charge in [-0.1, -0.05) is 18.2 Å². The van der Waals surface area contributed by atoms with Crippen LogP contribution in [0.5, 0.6) is 0 Å². The van der Waals surface area contributed by atoms with Gasteiger partial charge in [0.2, 0.25) is 0 Å². The van der Waals surface area contributed by atoms with Crippen molar-refractivity contribution in [3.05, 3.63) is 41.5 Å². The summed E-state index contributed by atoms with van der Waals surface area (Å²) in [6, 6.07) is 7.62.